The van der Waals surface area contributed by atoms with Gasteiger partial charge >= 0.3 is 11.9 Å². The molecule has 6 heteroatoms. The van der Waals surface area contributed by atoms with Crippen molar-refractivity contribution in [2.24, 2.45) is 0 Å². The van der Waals surface area contributed by atoms with Gasteiger partial charge in [-0.25, -0.2) is 9.18 Å². The predicted molar refractivity (Wildman–Crippen MR) is 69.6 cm³/mol. The van der Waals surface area contributed by atoms with Crippen LogP contribution < -0.4 is 0 Å². The van der Waals surface area contributed by atoms with Crippen LogP contribution in [0.1, 0.15) is 23.5 Å². The molecule has 2 unspecified atom stereocenters. The first kappa shape index (κ1) is 13.8. The Morgan fingerprint density at radius 2 is 2.24 bits per heavy atom. The average Bonchev–Trinajstić information content (AvgIpc) is 2.82. The molecule has 0 spiro atoms. The van der Waals surface area contributed by atoms with Crippen LogP contribution in [0.3, 0.4) is 0 Å². The number of esters is 2. The zero-order chi connectivity index (χ0) is 15.0. The number of fused-ring (bicyclic) bond motifs is 3. The Morgan fingerprint density at radius 1 is 1.43 bits per heavy atom. The number of methoxy groups -OCH3 is 1. The van der Waals surface area contributed by atoms with Gasteiger partial charge < -0.3 is 14.2 Å². The van der Waals surface area contributed by atoms with Crippen LogP contribution in [0.15, 0.2) is 23.8 Å². The molecule has 2 aliphatic heterocycles. The molecular formula is C15H13FO5. The fraction of sp³-hybridized carbons (Fsp3) is 0.333. The third-order valence-electron chi connectivity index (χ3n) is 3.62. The molecule has 2 atom stereocenters. The van der Waals surface area contributed by atoms with Gasteiger partial charge in [-0.2, -0.15) is 0 Å². The topological polar surface area (TPSA) is 61.8 Å². The van der Waals surface area contributed by atoms with E-state index in [1.807, 2.05) is 0 Å². The number of hydrogen-bond acceptors (Lipinski definition) is 5. The maximum Gasteiger partial charge on any atom is 0.336 e. The van der Waals surface area contributed by atoms with Crippen LogP contribution in [0.2, 0.25) is 0 Å². The smallest absolute Gasteiger partial charge is 0.336 e. The second kappa shape index (κ2) is 5.29. The Balaban J connectivity index is 2.13. The van der Waals surface area contributed by atoms with Crippen LogP contribution in [0.4, 0.5) is 4.39 Å². The maximum absolute atomic E-state index is 14.1. The highest BCUT2D eigenvalue weighted by molar-refractivity contribution is 5.94. The van der Waals surface area contributed by atoms with E-state index in [2.05, 4.69) is 4.74 Å². The second-order valence-electron chi connectivity index (χ2n) is 4.88. The maximum atomic E-state index is 14.1. The van der Waals surface area contributed by atoms with Gasteiger partial charge in [-0.1, -0.05) is 12.1 Å². The second-order valence-corrected chi connectivity index (χ2v) is 4.88. The minimum atomic E-state index is -0.814. The molecule has 2 aliphatic rings. The number of carbonyl (C=O) groups excluding carboxylic acids is 2. The van der Waals surface area contributed by atoms with Crippen LogP contribution in [0.25, 0.3) is 6.08 Å². The summed E-state index contributed by atoms with van der Waals surface area (Å²) in [7, 11) is 1.24. The number of halogens is 1. The monoisotopic (exact) mass is 292 g/mol. The molecule has 3 rings (SSSR count). The van der Waals surface area contributed by atoms with Crippen LogP contribution in [0.5, 0.6) is 0 Å². The van der Waals surface area contributed by atoms with Crippen molar-refractivity contribution in [2.75, 3.05) is 13.7 Å². The molecule has 1 fully saturated rings. The highest BCUT2D eigenvalue weighted by atomic mass is 19.1. The molecule has 0 aromatic heterocycles. The molecule has 0 radical (unpaired) electrons. The van der Waals surface area contributed by atoms with Crippen LogP contribution in [-0.4, -0.2) is 31.9 Å². The van der Waals surface area contributed by atoms with Gasteiger partial charge in [0.1, 0.15) is 5.82 Å². The molecule has 1 aromatic carbocycles. The van der Waals surface area contributed by atoms with Crippen molar-refractivity contribution in [3.05, 3.63) is 40.7 Å². The summed E-state index contributed by atoms with van der Waals surface area (Å²) in [5.74, 6) is -1.85. The van der Waals surface area contributed by atoms with E-state index in [9.17, 15) is 14.0 Å². The van der Waals surface area contributed by atoms with Crippen LogP contribution >= 0.6 is 0 Å². The standard InChI is InChI=1S/C15H13FO5/c1-19-14(18)8-5-10-9(3-2-4-12(10)16)11-6-13(17)21-15(11)20-7-8/h2-5,11,15H,6-7H2,1H3/b8-5+. The minimum absolute atomic E-state index is 0.102. The lowest BCUT2D eigenvalue weighted by Gasteiger charge is -2.23. The molecule has 5 nitrogen and oxygen atoms in total. The molecule has 0 saturated carbocycles. The molecule has 0 amide bonds. The Kier molecular flexibility index (Phi) is 3.47. The Hall–Kier alpha value is -2.21. The van der Waals surface area contributed by atoms with Crippen LogP contribution in [-0.2, 0) is 23.8 Å². The summed E-state index contributed by atoms with van der Waals surface area (Å²) in [5.41, 5.74) is 1.03. The van der Waals surface area contributed by atoms with Gasteiger partial charge in [0.05, 0.1) is 31.6 Å². The summed E-state index contributed by atoms with van der Waals surface area (Å²) in [4.78, 5) is 23.2. The fourth-order valence-electron chi connectivity index (χ4n) is 2.61. The van der Waals surface area contributed by atoms with Gasteiger partial charge in [-0.15, -0.1) is 0 Å². The third-order valence-corrected chi connectivity index (χ3v) is 3.62. The van der Waals surface area contributed by atoms with Crippen LogP contribution in [0, 0.1) is 5.82 Å². The number of carbonyl (C=O) groups is 2. The van der Waals surface area contributed by atoms with E-state index in [1.165, 1.54) is 19.3 Å². The molecule has 21 heavy (non-hydrogen) atoms. The largest absolute Gasteiger partial charge is 0.466 e. The van der Waals surface area contributed by atoms with Crippen molar-refractivity contribution in [3.8, 4) is 0 Å². The van der Waals surface area contributed by atoms with Gasteiger partial charge in [0.2, 0.25) is 6.29 Å². The molecule has 1 saturated heterocycles. The Labute approximate surface area is 120 Å². The van der Waals surface area contributed by atoms with E-state index in [-0.39, 0.29) is 30.1 Å². The molecule has 1 aromatic rings. The quantitative estimate of drug-likeness (QED) is 0.738. The zero-order valence-electron chi connectivity index (χ0n) is 11.3. The van der Waals surface area contributed by atoms with Gasteiger partial charge in [0, 0.05) is 5.56 Å². The summed E-state index contributed by atoms with van der Waals surface area (Å²) in [5, 5.41) is 0. The zero-order valence-corrected chi connectivity index (χ0v) is 11.3. The number of hydrogen-bond donors (Lipinski definition) is 0. The summed E-state index contributed by atoms with van der Waals surface area (Å²) in [6.45, 7) is -0.102. The van der Waals surface area contributed by atoms with E-state index in [0.29, 0.717) is 5.56 Å². The number of ether oxygens (including phenoxy) is 3. The first-order chi connectivity index (χ1) is 10.1. The number of rotatable bonds is 1. The van der Waals surface area contributed by atoms with Gasteiger partial charge in [-0.05, 0) is 17.7 Å². The third kappa shape index (κ3) is 2.42. The molecule has 0 aliphatic carbocycles. The predicted octanol–water partition coefficient (Wildman–Crippen LogP) is 1.77. The van der Waals surface area contributed by atoms with Gasteiger partial charge in [0.25, 0.3) is 0 Å². The van der Waals surface area contributed by atoms with E-state index in [4.69, 9.17) is 9.47 Å². The van der Waals surface area contributed by atoms with Crippen molar-refractivity contribution in [1.29, 1.82) is 0 Å². The summed E-state index contributed by atoms with van der Waals surface area (Å²) >= 11 is 0. The lowest BCUT2D eigenvalue weighted by Crippen LogP contribution is -2.24. The minimum Gasteiger partial charge on any atom is -0.466 e. The highest BCUT2D eigenvalue weighted by Gasteiger charge is 2.39. The van der Waals surface area contributed by atoms with E-state index in [1.54, 1.807) is 12.1 Å². The summed E-state index contributed by atoms with van der Waals surface area (Å²) in [6, 6.07) is 4.57. The van der Waals surface area contributed by atoms with E-state index >= 15 is 0 Å². The lowest BCUT2D eigenvalue weighted by molar-refractivity contribution is -0.163. The summed E-state index contributed by atoms with van der Waals surface area (Å²) in [6.07, 6.45) is 0.726. The normalized spacial score (nSPS) is 26.6. The first-order valence-corrected chi connectivity index (χ1v) is 6.48. The van der Waals surface area contributed by atoms with Crippen molar-refractivity contribution in [1.82, 2.24) is 0 Å². The molecule has 2 heterocycles. The van der Waals surface area contributed by atoms with Crippen molar-refractivity contribution >= 4 is 18.0 Å². The van der Waals surface area contributed by atoms with Gasteiger partial charge in [0.15, 0.2) is 0 Å². The molecule has 110 valence electrons. The van der Waals surface area contributed by atoms with Crippen molar-refractivity contribution < 1.29 is 28.2 Å². The summed E-state index contributed by atoms with van der Waals surface area (Å²) < 4.78 is 29.3. The first-order valence-electron chi connectivity index (χ1n) is 6.48. The van der Waals surface area contributed by atoms with Crippen molar-refractivity contribution in [3.63, 3.8) is 0 Å². The number of benzene rings is 1. The Morgan fingerprint density at radius 3 is 3.00 bits per heavy atom. The average molecular weight is 292 g/mol. The van der Waals surface area contributed by atoms with E-state index < -0.39 is 24.0 Å². The highest BCUT2D eigenvalue weighted by Crippen LogP contribution is 2.38. The Bertz CT molecular complexity index is 637. The molecular weight excluding hydrogens is 279 g/mol. The molecule has 0 bridgehead atoms. The van der Waals surface area contributed by atoms with Crippen molar-refractivity contribution in [2.45, 2.75) is 18.6 Å². The SMILES string of the molecule is COC(=O)/C1=C/c2c(F)cccc2C2CC(=O)OC2OC1. The lowest BCUT2D eigenvalue weighted by atomic mass is 9.90. The van der Waals surface area contributed by atoms with Gasteiger partial charge in [-0.3, -0.25) is 4.79 Å². The van der Waals surface area contributed by atoms with E-state index in [0.717, 1.165) is 0 Å². The molecule has 0 N–H and O–H groups in total. The fourth-order valence-corrected chi connectivity index (χ4v) is 2.61.